The van der Waals surface area contributed by atoms with E-state index in [0.29, 0.717) is 38.4 Å². The Kier molecular flexibility index (Phi) is 12.0. The lowest BCUT2D eigenvalue weighted by atomic mass is 9.91. The Bertz CT molecular complexity index is 1810. The summed E-state index contributed by atoms with van der Waals surface area (Å²) in [5, 5.41) is 8.89. The van der Waals surface area contributed by atoms with Crippen LogP contribution in [0.5, 0.6) is 5.75 Å². The van der Waals surface area contributed by atoms with Crippen LogP contribution < -0.4 is 14.5 Å². The average Bonchev–Trinajstić information content (AvgIpc) is 3.10. The average molecular weight is 731 g/mol. The molecule has 0 spiro atoms. The molecule has 0 atom stereocenters. The molecule has 8 nitrogen and oxygen atoms in total. The number of aliphatic carboxylic acids is 1. The molecular weight excluding hydrogens is 690 g/mol. The van der Waals surface area contributed by atoms with Crippen LogP contribution in [-0.4, -0.2) is 54.0 Å². The van der Waals surface area contributed by atoms with Gasteiger partial charge in [-0.25, -0.2) is 9.97 Å². The van der Waals surface area contributed by atoms with Crippen molar-refractivity contribution < 1.29 is 45.7 Å². The number of carboxylic acids is 1. The molecule has 14 heteroatoms. The number of nitrogens with zero attached hydrogens (tertiary/aromatic N) is 4. The zero-order valence-electron chi connectivity index (χ0n) is 29.0. The number of anilines is 2. The number of aryl methyl sites for hydroxylation is 1. The maximum absolute atomic E-state index is 13.9. The number of rotatable bonds is 13. The zero-order chi connectivity index (χ0) is 37.6. The smallest absolute Gasteiger partial charge is 0.416 e. The van der Waals surface area contributed by atoms with E-state index >= 15 is 0 Å². The molecule has 1 aromatic heterocycles. The standard InChI is InChI=1S/C38H40F6N4O4/c1-24(2)27-7-6-25(3)34(18-27)33-9-8-31(47-10-13-51-14-11-47)17-28(33)23-48(36-45-20-32(21-46-36)52-12-4-5-35(49)50)22-26-15-29(37(39,40)41)19-30(16-26)38(42,43)44/h6-9,15-21,24H,4-5,10-14,22-23H2,1-3H3,(H,49,50). The summed E-state index contributed by atoms with van der Waals surface area (Å²) in [4.78, 5) is 23.3. The Morgan fingerprint density at radius 2 is 1.56 bits per heavy atom. The van der Waals surface area contributed by atoms with E-state index in [-0.39, 0.29) is 55.2 Å². The zero-order valence-corrected chi connectivity index (χ0v) is 29.0. The number of alkyl halides is 6. The first-order valence-corrected chi connectivity index (χ1v) is 16.8. The molecule has 2 heterocycles. The number of hydrogen-bond donors (Lipinski definition) is 1. The lowest BCUT2D eigenvalue weighted by molar-refractivity contribution is -0.143. The highest BCUT2D eigenvalue weighted by Crippen LogP contribution is 2.38. The SMILES string of the molecule is Cc1ccc(C(C)C)cc1-c1ccc(N2CCOCC2)cc1CN(Cc1cc(C(F)(F)F)cc(C(F)(F)F)c1)c1ncc(OCCCC(=O)O)cn1. The second kappa shape index (κ2) is 16.2. The molecule has 0 saturated carbocycles. The first-order valence-electron chi connectivity index (χ1n) is 16.8. The third-order valence-electron chi connectivity index (χ3n) is 8.77. The fourth-order valence-electron chi connectivity index (χ4n) is 5.98. The molecule has 4 aromatic rings. The summed E-state index contributed by atoms with van der Waals surface area (Å²) in [5.74, 6) is -0.478. The third kappa shape index (κ3) is 9.93. The number of ether oxygens (including phenoxy) is 2. The van der Waals surface area contributed by atoms with Crippen molar-refractivity contribution in [3.63, 3.8) is 0 Å². The number of halogens is 6. The Morgan fingerprint density at radius 3 is 2.15 bits per heavy atom. The Hall–Kier alpha value is -4.85. The van der Waals surface area contributed by atoms with E-state index in [1.807, 2.05) is 31.2 Å². The van der Waals surface area contributed by atoms with Gasteiger partial charge in [0, 0.05) is 38.3 Å². The summed E-state index contributed by atoms with van der Waals surface area (Å²) in [6.45, 7) is 8.22. The predicted molar refractivity (Wildman–Crippen MR) is 184 cm³/mol. The number of morpholine rings is 1. The molecule has 1 aliphatic rings. The molecule has 0 bridgehead atoms. The number of hydrogen-bond acceptors (Lipinski definition) is 7. The van der Waals surface area contributed by atoms with Gasteiger partial charge in [0.25, 0.3) is 0 Å². The first kappa shape index (κ1) is 38.4. The predicted octanol–water partition coefficient (Wildman–Crippen LogP) is 8.90. The van der Waals surface area contributed by atoms with E-state index < -0.39 is 36.0 Å². The van der Waals surface area contributed by atoms with Crippen LogP contribution >= 0.6 is 0 Å². The van der Waals surface area contributed by atoms with Gasteiger partial charge >= 0.3 is 18.3 Å². The van der Waals surface area contributed by atoms with Crippen LogP contribution in [0.3, 0.4) is 0 Å². The van der Waals surface area contributed by atoms with Crippen molar-refractivity contribution in [2.45, 2.75) is 65.0 Å². The van der Waals surface area contributed by atoms with Crippen molar-refractivity contribution in [1.82, 2.24) is 9.97 Å². The maximum Gasteiger partial charge on any atom is 0.416 e. The topological polar surface area (TPSA) is 88.0 Å². The van der Waals surface area contributed by atoms with Crippen LogP contribution in [0.2, 0.25) is 0 Å². The number of carbonyl (C=O) groups is 1. The number of aromatic nitrogens is 2. The van der Waals surface area contributed by atoms with Gasteiger partial charge in [0.2, 0.25) is 5.95 Å². The highest BCUT2D eigenvalue weighted by Gasteiger charge is 2.37. The van der Waals surface area contributed by atoms with Crippen LogP contribution in [0.1, 0.15) is 66.0 Å². The molecule has 1 fully saturated rings. The fraction of sp³-hybridized carbons (Fsp3) is 0.395. The quantitative estimate of drug-likeness (QED) is 0.108. The molecule has 0 radical (unpaired) electrons. The van der Waals surface area contributed by atoms with Crippen molar-refractivity contribution in [3.8, 4) is 16.9 Å². The van der Waals surface area contributed by atoms with Gasteiger partial charge in [0.15, 0.2) is 5.75 Å². The minimum atomic E-state index is -5.02. The van der Waals surface area contributed by atoms with Crippen LogP contribution in [0.15, 0.2) is 67.0 Å². The van der Waals surface area contributed by atoms with Gasteiger partial charge in [-0.05, 0) is 83.0 Å². The van der Waals surface area contributed by atoms with Crippen LogP contribution in [0.4, 0.5) is 38.0 Å². The fourth-order valence-corrected chi connectivity index (χ4v) is 5.98. The van der Waals surface area contributed by atoms with Crippen LogP contribution in [0.25, 0.3) is 11.1 Å². The summed E-state index contributed by atoms with van der Waals surface area (Å²) in [6.07, 6.45) is -7.23. The van der Waals surface area contributed by atoms with Gasteiger partial charge in [0.05, 0.1) is 43.3 Å². The third-order valence-corrected chi connectivity index (χ3v) is 8.77. The molecule has 0 aliphatic carbocycles. The van der Waals surface area contributed by atoms with Gasteiger partial charge in [-0.2, -0.15) is 26.3 Å². The van der Waals surface area contributed by atoms with Crippen molar-refractivity contribution in [1.29, 1.82) is 0 Å². The van der Waals surface area contributed by atoms with E-state index in [4.69, 9.17) is 14.6 Å². The highest BCUT2D eigenvalue weighted by atomic mass is 19.4. The summed E-state index contributed by atoms with van der Waals surface area (Å²) in [7, 11) is 0. The van der Waals surface area contributed by atoms with Crippen molar-refractivity contribution in [2.75, 3.05) is 42.7 Å². The Balaban J connectivity index is 1.61. The highest BCUT2D eigenvalue weighted by molar-refractivity contribution is 5.74. The van der Waals surface area contributed by atoms with E-state index in [1.165, 1.54) is 17.3 Å². The molecule has 0 amide bonds. The lowest BCUT2D eigenvalue weighted by Crippen LogP contribution is -2.36. The summed E-state index contributed by atoms with van der Waals surface area (Å²) in [5.41, 5.74) is 2.47. The van der Waals surface area contributed by atoms with Crippen molar-refractivity contribution >= 4 is 17.6 Å². The van der Waals surface area contributed by atoms with Crippen LogP contribution in [0, 0.1) is 6.92 Å². The van der Waals surface area contributed by atoms with E-state index in [0.717, 1.165) is 33.5 Å². The van der Waals surface area contributed by atoms with E-state index in [2.05, 4.69) is 40.8 Å². The molecule has 1 saturated heterocycles. The lowest BCUT2D eigenvalue weighted by Gasteiger charge is -2.31. The monoisotopic (exact) mass is 730 g/mol. The summed E-state index contributed by atoms with van der Waals surface area (Å²) < 4.78 is 94.4. The molecule has 1 N–H and O–H groups in total. The number of carboxylic acid groups (broad SMARTS) is 1. The van der Waals surface area contributed by atoms with Crippen molar-refractivity contribution in [3.05, 3.63) is 100 Å². The van der Waals surface area contributed by atoms with Gasteiger partial charge in [-0.1, -0.05) is 38.1 Å². The minimum Gasteiger partial charge on any atom is -0.490 e. The van der Waals surface area contributed by atoms with Crippen molar-refractivity contribution in [2.24, 2.45) is 0 Å². The summed E-state index contributed by atoms with van der Waals surface area (Å²) >= 11 is 0. The van der Waals surface area contributed by atoms with E-state index in [9.17, 15) is 31.1 Å². The Labute approximate surface area is 298 Å². The first-order chi connectivity index (χ1) is 24.6. The minimum absolute atomic E-state index is 0.0231. The Morgan fingerprint density at radius 1 is 0.904 bits per heavy atom. The molecule has 5 rings (SSSR count). The molecule has 0 unspecified atom stereocenters. The molecule has 3 aromatic carbocycles. The second-order valence-corrected chi connectivity index (χ2v) is 13.0. The number of benzene rings is 3. The van der Waals surface area contributed by atoms with Crippen LogP contribution in [-0.2, 0) is 35.0 Å². The van der Waals surface area contributed by atoms with Gasteiger partial charge in [0.1, 0.15) is 0 Å². The van der Waals surface area contributed by atoms with E-state index in [1.54, 1.807) is 0 Å². The maximum atomic E-state index is 13.9. The van der Waals surface area contributed by atoms with Gasteiger partial charge in [-0.3, -0.25) is 4.79 Å². The molecule has 1 aliphatic heterocycles. The molecular formula is C38H40F6N4O4. The van der Waals surface area contributed by atoms with Gasteiger partial charge < -0.3 is 24.4 Å². The molecule has 278 valence electrons. The normalized spacial score (nSPS) is 13.8. The molecule has 52 heavy (non-hydrogen) atoms. The largest absolute Gasteiger partial charge is 0.490 e. The summed E-state index contributed by atoms with van der Waals surface area (Å²) in [6, 6.07) is 13.7. The second-order valence-electron chi connectivity index (χ2n) is 13.0. The van der Waals surface area contributed by atoms with Gasteiger partial charge in [-0.15, -0.1) is 0 Å².